The number of benzene rings is 1. The van der Waals surface area contributed by atoms with Crippen molar-refractivity contribution in [2.24, 2.45) is 0 Å². The monoisotopic (exact) mass is 281 g/mol. The van der Waals surface area contributed by atoms with Crippen LogP contribution in [0.3, 0.4) is 0 Å². The van der Waals surface area contributed by atoms with Crippen LogP contribution in [-0.4, -0.2) is 21.1 Å². The molecule has 4 N–H and O–H groups in total. The Kier molecular flexibility index (Phi) is 3.07. The van der Waals surface area contributed by atoms with Crippen LogP contribution in [0.2, 0.25) is 0 Å². The van der Waals surface area contributed by atoms with E-state index in [-0.39, 0.29) is 17.1 Å². The fourth-order valence-electron chi connectivity index (χ4n) is 1.91. The zero-order valence-electron chi connectivity index (χ0n) is 10.8. The van der Waals surface area contributed by atoms with E-state index < -0.39 is 5.91 Å². The molecular formula is C14H11N5O2. The smallest absolute Gasteiger partial charge is 0.275 e. The van der Waals surface area contributed by atoms with E-state index in [0.717, 1.165) is 5.39 Å². The third-order valence-corrected chi connectivity index (χ3v) is 2.90. The summed E-state index contributed by atoms with van der Waals surface area (Å²) in [5, 5.41) is 9.26. The number of pyridine rings is 1. The van der Waals surface area contributed by atoms with E-state index in [9.17, 15) is 9.59 Å². The van der Waals surface area contributed by atoms with Gasteiger partial charge in [-0.25, -0.2) is 10.1 Å². The van der Waals surface area contributed by atoms with Crippen molar-refractivity contribution in [2.45, 2.75) is 0 Å². The average Bonchev–Trinajstić information content (AvgIpc) is 2.49. The van der Waals surface area contributed by atoms with Gasteiger partial charge in [-0.2, -0.15) is 5.10 Å². The van der Waals surface area contributed by atoms with E-state index in [1.165, 1.54) is 18.2 Å². The number of hydrogen-bond acceptors (Lipinski definition) is 5. The number of nitrogen functional groups attached to an aromatic ring is 1. The Morgan fingerprint density at radius 1 is 1.19 bits per heavy atom. The summed E-state index contributed by atoms with van der Waals surface area (Å²) in [6.45, 7) is 0. The third kappa shape index (κ3) is 2.57. The molecule has 1 aromatic carbocycles. The first-order chi connectivity index (χ1) is 10.1. The topological polar surface area (TPSA) is 114 Å². The Balaban J connectivity index is 1.94. The molecule has 0 spiro atoms. The summed E-state index contributed by atoms with van der Waals surface area (Å²) in [5.41, 5.74) is 6.87. The van der Waals surface area contributed by atoms with E-state index in [4.69, 9.17) is 5.73 Å². The first-order valence-corrected chi connectivity index (χ1v) is 6.16. The number of carbonyl (C=O) groups is 1. The Morgan fingerprint density at radius 2 is 2.00 bits per heavy atom. The Hall–Kier alpha value is -3.22. The molecule has 0 aliphatic heterocycles. The van der Waals surface area contributed by atoms with E-state index >= 15 is 0 Å². The van der Waals surface area contributed by atoms with Crippen LogP contribution in [0.25, 0.3) is 10.9 Å². The first kappa shape index (κ1) is 12.8. The van der Waals surface area contributed by atoms with Crippen LogP contribution in [0.5, 0.6) is 0 Å². The number of rotatable bonds is 2. The number of aromatic nitrogens is 3. The van der Waals surface area contributed by atoms with Gasteiger partial charge < -0.3 is 11.1 Å². The van der Waals surface area contributed by atoms with Crippen molar-refractivity contribution in [3.63, 3.8) is 0 Å². The molecule has 0 aliphatic rings. The maximum Gasteiger partial charge on any atom is 0.275 e. The fourth-order valence-corrected chi connectivity index (χ4v) is 1.91. The summed E-state index contributed by atoms with van der Waals surface area (Å²) in [7, 11) is 0. The van der Waals surface area contributed by atoms with Gasteiger partial charge in [-0.3, -0.25) is 9.59 Å². The number of fused-ring (bicyclic) bond motifs is 1. The predicted octanol–water partition coefficient (Wildman–Crippen LogP) is 1.15. The highest BCUT2D eigenvalue weighted by Gasteiger charge is 2.11. The molecule has 0 saturated heterocycles. The lowest BCUT2D eigenvalue weighted by molar-refractivity contribution is 0.102. The molecule has 3 rings (SSSR count). The zero-order chi connectivity index (χ0) is 14.8. The molecule has 0 saturated carbocycles. The van der Waals surface area contributed by atoms with Crippen LogP contribution in [-0.2, 0) is 0 Å². The van der Waals surface area contributed by atoms with Gasteiger partial charge in [0, 0.05) is 17.1 Å². The molecular weight excluding hydrogens is 270 g/mol. The van der Waals surface area contributed by atoms with Crippen LogP contribution in [0.1, 0.15) is 10.5 Å². The maximum atomic E-state index is 12.1. The number of amides is 1. The minimum absolute atomic E-state index is 0.180. The largest absolute Gasteiger partial charge is 0.398 e. The van der Waals surface area contributed by atoms with Crippen molar-refractivity contribution in [1.29, 1.82) is 0 Å². The lowest BCUT2D eigenvalue weighted by atomic mass is 10.1. The molecule has 3 aromatic rings. The normalized spacial score (nSPS) is 10.5. The highest BCUT2D eigenvalue weighted by Crippen LogP contribution is 2.20. The second kappa shape index (κ2) is 5.04. The number of carbonyl (C=O) groups excluding carboxylic acids is 1. The van der Waals surface area contributed by atoms with E-state index in [0.29, 0.717) is 11.2 Å². The fraction of sp³-hybridized carbons (Fsp3) is 0. The second-order valence-electron chi connectivity index (χ2n) is 4.37. The molecule has 7 nitrogen and oxygen atoms in total. The average molecular weight is 281 g/mol. The van der Waals surface area contributed by atoms with Crippen LogP contribution in [0.15, 0.2) is 47.3 Å². The zero-order valence-corrected chi connectivity index (χ0v) is 10.8. The van der Waals surface area contributed by atoms with Gasteiger partial charge in [0.1, 0.15) is 5.69 Å². The number of hydrogen-bond donors (Lipinski definition) is 3. The standard InChI is InChI=1S/C14H11N5O2/c15-9-7-11(16-10-4-2-1-3-8(9)10)14(21)17-12-5-6-13(20)19-18-12/h1-7H,(H2,15,16)(H,19,20)(H,17,18,21). The molecule has 1 amide bonds. The van der Waals surface area contributed by atoms with Gasteiger partial charge in [-0.05, 0) is 18.2 Å². The summed E-state index contributed by atoms with van der Waals surface area (Å²) < 4.78 is 0. The Labute approximate surface area is 118 Å². The lowest BCUT2D eigenvalue weighted by Gasteiger charge is -2.06. The Morgan fingerprint density at radius 3 is 2.76 bits per heavy atom. The van der Waals surface area contributed by atoms with Crippen molar-refractivity contribution in [2.75, 3.05) is 11.1 Å². The quantitative estimate of drug-likeness (QED) is 0.652. The minimum atomic E-state index is -0.452. The van der Waals surface area contributed by atoms with E-state index in [2.05, 4.69) is 20.5 Å². The van der Waals surface area contributed by atoms with Crippen molar-refractivity contribution in [1.82, 2.24) is 15.2 Å². The van der Waals surface area contributed by atoms with Gasteiger partial charge in [0.05, 0.1) is 5.52 Å². The van der Waals surface area contributed by atoms with Gasteiger partial charge in [0.15, 0.2) is 5.82 Å². The Bertz CT molecular complexity index is 867. The van der Waals surface area contributed by atoms with Crippen LogP contribution >= 0.6 is 0 Å². The highest BCUT2D eigenvalue weighted by molar-refractivity contribution is 6.05. The SMILES string of the molecule is Nc1cc(C(=O)Nc2ccc(=O)[nH]n2)nc2ccccc12. The van der Waals surface area contributed by atoms with Gasteiger partial charge in [-0.1, -0.05) is 18.2 Å². The third-order valence-electron chi connectivity index (χ3n) is 2.90. The highest BCUT2D eigenvalue weighted by atomic mass is 16.2. The number of nitrogens with two attached hydrogens (primary N) is 1. The number of aromatic amines is 1. The van der Waals surface area contributed by atoms with Crippen molar-refractivity contribution < 1.29 is 4.79 Å². The summed E-state index contributed by atoms with van der Waals surface area (Å²) in [5.74, 6) is -0.222. The number of nitrogens with one attached hydrogen (secondary N) is 2. The molecule has 0 unspecified atom stereocenters. The predicted molar refractivity (Wildman–Crippen MR) is 79.0 cm³/mol. The summed E-state index contributed by atoms with van der Waals surface area (Å²) in [6, 6.07) is 11.5. The van der Waals surface area contributed by atoms with Crippen LogP contribution in [0.4, 0.5) is 11.5 Å². The second-order valence-corrected chi connectivity index (χ2v) is 4.37. The number of para-hydroxylation sites is 1. The summed E-state index contributed by atoms with van der Waals surface area (Å²) in [4.78, 5) is 27.3. The molecule has 21 heavy (non-hydrogen) atoms. The van der Waals surface area contributed by atoms with Crippen LogP contribution < -0.4 is 16.6 Å². The first-order valence-electron chi connectivity index (χ1n) is 6.16. The maximum absolute atomic E-state index is 12.1. The molecule has 0 atom stereocenters. The minimum Gasteiger partial charge on any atom is -0.398 e. The molecule has 104 valence electrons. The molecule has 0 bridgehead atoms. The van der Waals surface area contributed by atoms with Crippen molar-refractivity contribution >= 4 is 28.3 Å². The molecule has 0 aliphatic carbocycles. The summed E-state index contributed by atoms with van der Waals surface area (Å²) in [6.07, 6.45) is 0. The van der Waals surface area contributed by atoms with Crippen molar-refractivity contribution in [3.05, 3.63) is 58.5 Å². The molecule has 2 aromatic heterocycles. The van der Waals surface area contributed by atoms with Gasteiger partial charge >= 0.3 is 0 Å². The van der Waals surface area contributed by atoms with Crippen molar-refractivity contribution in [3.8, 4) is 0 Å². The number of anilines is 2. The van der Waals surface area contributed by atoms with Crippen LogP contribution in [0, 0.1) is 0 Å². The molecule has 0 radical (unpaired) electrons. The summed E-state index contributed by atoms with van der Waals surface area (Å²) >= 11 is 0. The lowest BCUT2D eigenvalue weighted by Crippen LogP contribution is -2.17. The molecule has 2 heterocycles. The van der Waals surface area contributed by atoms with E-state index in [1.54, 1.807) is 6.07 Å². The van der Waals surface area contributed by atoms with Gasteiger partial charge in [0.25, 0.3) is 11.5 Å². The van der Waals surface area contributed by atoms with Gasteiger partial charge in [-0.15, -0.1) is 0 Å². The molecule has 0 fully saturated rings. The number of nitrogens with zero attached hydrogens (tertiary/aromatic N) is 2. The van der Waals surface area contributed by atoms with Gasteiger partial charge in [0.2, 0.25) is 0 Å². The van der Waals surface area contributed by atoms with E-state index in [1.807, 2.05) is 18.2 Å². The molecule has 7 heteroatoms. The number of H-pyrrole nitrogens is 1.